The van der Waals surface area contributed by atoms with Crippen LogP contribution in [0.3, 0.4) is 0 Å². The molecular formula is C132H75N13. The average Bonchev–Trinajstić information content (AvgIpc) is 1.52. The summed E-state index contributed by atoms with van der Waals surface area (Å²) in [7, 11) is 0. The molecule has 13 heteroatoms. The van der Waals surface area contributed by atoms with Crippen LogP contribution in [0.2, 0.25) is 0 Å². The largest absolute Gasteiger partial charge is 0.308 e. The van der Waals surface area contributed by atoms with E-state index in [-0.39, 0.29) is 0 Å². The third-order valence-electron chi connectivity index (χ3n) is 31.3. The second-order valence-electron chi connectivity index (χ2n) is 38.7. The molecule has 0 aliphatic carbocycles. The maximum atomic E-state index is 5.29. The van der Waals surface area contributed by atoms with E-state index in [1.807, 2.05) is 18.3 Å². The maximum Gasteiger partial charge on any atom is 0.236 e. The first-order chi connectivity index (χ1) is 72.0. The number of rotatable bonds is 6. The molecule has 668 valence electrons. The van der Waals surface area contributed by atoms with Gasteiger partial charge >= 0.3 is 0 Å². The molecule has 0 saturated carbocycles. The average molecular weight is 1840 g/mol. The van der Waals surface area contributed by atoms with Gasteiger partial charge in [-0.3, -0.25) is 9.13 Å². The van der Waals surface area contributed by atoms with Crippen molar-refractivity contribution in [2.45, 2.75) is 0 Å². The second kappa shape index (κ2) is 29.4. The maximum absolute atomic E-state index is 5.29. The van der Waals surface area contributed by atoms with Gasteiger partial charge in [0.25, 0.3) is 0 Å². The molecule has 21 aromatic carbocycles. The van der Waals surface area contributed by atoms with Gasteiger partial charge in [-0.25, -0.2) is 24.9 Å². The summed E-state index contributed by atoms with van der Waals surface area (Å²) in [5.74, 6) is 1.34. The Bertz CT molecular complexity index is 11800. The van der Waals surface area contributed by atoms with Crippen LogP contribution in [0.4, 0.5) is 0 Å². The Balaban J connectivity index is 0.0000000966. The standard InChI is InChI=1S/C52H30N4.C45H26N4.C35H19N5/c1-2-13-34-29-35(22-21-31(34)11-1)48-40-16-5-8-18-44(40)53-52(54-48)33-23-26-36(27-24-33)55-49-37-14-4-3-12-32(37)25-28-39(49)43-30-42-38-15-6-9-19-45(38)56-46-20-10-7-17-41(46)47(50(43)55)51(42)56;1-2-13-28(14-3-1)47-38-19-9-7-17-32(38)37-24-29(26-46-45(37)47)48-42-30-15-5-4-12-27(30)22-23-33(42)36-25-35-31-16-6-10-20-39(31)49-40-21-11-8-18-34(40)41(43(36)48)44(35)49;1-2-10-22-20(8-1)15-16-24-27-18-26-23-11-3-5-13-28(23)39-29-14-6-4-12-25(29)30(32(26)39)33(27)40(31(22)24)35-37-19-21-9-7-17-36-34(21)38-35/h1-30H;1-26H;1-19H. The van der Waals surface area contributed by atoms with Crippen LogP contribution in [0.5, 0.6) is 0 Å². The molecule has 0 saturated heterocycles. The molecule has 145 heavy (non-hydrogen) atoms. The molecule has 0 spiro atoms. The van der Waals surface area contributed by atoms with Crippen LogP contribution >= 0.6 is 0 Å². The predicted octanol–water partition coefficient (Wildman–Crippen LogP) is 33.5. The van der Waals surface area contributed by atoms with Crippen molar-refractivity contribution in [3.05, 3.63) is 455 Å². The lowest BCUT2D eigenvalue weighted by molar-refractivity contribution is 1.01. The number of para-hydroxylation sites is 9. The van der Waals surface area contributed by atoms with Gasteiger partial charge in [-0.05, 0) is 154 Å². The smallest absolute Gasteiger partial charge is 0.236 e. The third kappa shape index (κ3) is 10.8. The van der Waals surface area contributed by atoms with E-state index in [2.05, 4.69) is 467 Å². The molecule has 0 atom stereocenters. The summed E-state index contributed by atoms with van der Waals surface area (Å²) in [6, 6.07) is 158. The fourth-order valence-electron chi connectivity index (χ4n) is 25.3. The zero-order chi connectivity index (χ0) is 94.2. The minimum atomic E-state index is 0.630. The summed E-state index contributed by atoms with van der Waals surface area (Å²) in [6.07, 6.45) is 5.75. The van der Waals surface area contributed by atoms with Crippen LogP contribution in [0.1, 0.15) is 0 Å². The Morgan fingerprint density at radius 2 is 0.559 bits per heavy atom. The van der Waals surface area contributed by atoms with Gasteiger partial charge in [0.2, 0.25) is 5.95 Å². The van der Waals surface area contributed by atoms with Crippen molar-refractivity contribution >= 4 is 267 Å². The van der Waals surface area contributed by atoms with Crippen molar-refractivity contribution in [2.24, 2.45) is 0 Å². The monoisotopic (exact) mass is 1840 g/mol. The first-order valence-corrected chi connectivity index (χ1v) is 49.5. The van der Waals surface area contributed by atoms with Crippen molar-refractivity contribution in [1.82, 2.24) is 61.4 Å². The van der Waals surface area contributed by atoms with Crippen LogP contribution in [0.15, 0.2) is 455 Å². The number of benzene rings is 21. The van der Waals surface area contributed by atoms with Crippen molar-refractivity contribution in [1.29, 1.82) is 0 Å². The molecule has 0 aliphatic heterocycles. The molecule has 0 fully saturated rings. The molecule has 14 aromatic heterocycles. The van der Waals surface area contributed by atoms with Crippen molar-refractivity contribution in [2.75, 3.05) is 0 Å². The highest BCUT2D eigenvalue weighted by molar-refractivity contribution is 6.40. The van der Waals surface area contributed by atoms with Crippen molar-refractivity contribution in [3.8, 4) is 45.7 Å². The number of pyridine rings is 2. The van der Waals surface area contributed by atoms with Gasteiger partial charge in [0, 0.05) is 170 Å². The number of aromatic nitrogens is 13. The lowest BCUT2D eigenvalue weighted by atomic mass is 10.0. The number of hydrogen-bond acceptors (Lipinski definition) is 6. The fourth-order valence-corrected chi connectivity index (χ4v) is 25.3. The van der Waals surface area contributed by atoms with Gasteiger partial charge < -0.3 is 22.3 Å². The van der Waals surface area contributed by atoms with Crippen LogP contribution in [0, 0.1) is 0 Å². The highest BCUT2D eigenvalue weighted by Gasteiger charge is 2.32. The molecule has 0 bridgehead atoms. The Morgan fingerprint density at radius 1 is 0.179 bits per heavy atom. The molecule has 14 heterocycles. The van der Waals surface area contributed by atoms with Gasteiger partial charge in [0.15, 0.2) is 11.5 Å². The molecule has 0 aliphatic rings. The Hall–Kier alpha value is -19.8. The zero-order valence-corrected chi connectivity index (χ0v) is 77.6. The van der Waals surface area contributed by atoms with Gasteiger partial charge in [-0.15, -0.1) is 0 Å². The van der Waals surface area contributed by atoms with E-state index in [1.165, 1.54) is 217 Å². The van der Waals surface area contributed by atoms with Crippen molar-refractivity contribution < 1.29 is 0 Å². The van der Waals surface area contributed by atoms with E-state index in [4.69, 9.17) is 24.9 Å². The molecule has 35 rings (SSSR count). The van der Waals surface area contributed by atoms with E-state index in [0.29, 0.717) is 17.4 Å². The van der Waals surface area contributed by atoms with Crippen molar-refractivity contribution in [3.63, 3.8) is 0 Å². The molecular weight excluding hydrogens is 1770 g/mol. The second-order valence-corrected chi connectivity index (χ2v) is 38.7. The van der Waals surface area contributed by atoms with E-state index in [1.54, 1.807) is 6.20 Å². The minimum absolute atomic E-state index is 0.630. The van der Waals surface area contributed by atoms with Gasteiger partial charge in [0.05, 0.1) is 111 Å². The van der Waals surface area contributed by atoms with Gasteiger partial charge in [0.1, 0.15) is 5.65 Å². The third-order valence-corrected chi connectivity index (χ3v) is 31.3. The SMILES string of the molecule is c1ccc(-n2c3ccccc3c3cc(-n4c5c6ccccc6ccc5c5cc6c7ccccc7n7c8ccccc8c(c54)c67)cnc32)cc1.c1ccc2cc(-c3nc(-c4ccc(-n5c6c7ccccc7ccc6c6cc7c8ccccc8n8c9ccccc9c(c65)c78)cc4)nc4ccccc34)ccc2c1.c1cnc2nc(-n3c4c5ccccc5ccc4c4cc5c6ccccc6n6c7ccccc7c(c43)c56)ncc2c1. The van der Waals surface area contributed by atoms with E-state index in [0.717, 1.165) is 77.8 Å². The van der Waals surface area contributed by atoms with E-state index >= 15 is 0 Å². The Labute approximate surface area is 823 Å². The fraction of sp³-hybridized carbons (Fsp3) is 0. The lowest BCUT2D eigenvalue weighted by Crippen LogP contribution is -2.02. The van der Waals surface area contributed by atoms with E-state index < -0.39 is 0 Å². The van der Waals surface area contributed by atoms with Crippen LogP contribution in [-0.2, 0) is 0 Å². The molecule has 0 radical (unpaired) electrons. The molecule has 0 N–H and O–H groups in total. The Kier molecular flexibility index (Phi) is 15.9. The molecule has 35 aromatic rings. The molecule has 0 amide bonds. The van der Waals surface area contributed by atoms with Crippen LogP contribution < -0.4 is 0 Å². The number of hydrogen-bond donors (Lipinski definition) is 0. The molecule has 0 unspecified atom stereocenters. The normalized spacial score (nSPS) is 12.4. The summed E-state index contributed by atoms with van der Waals surface area (Å²) < 4.78 is 17.0. The molecule has 13 nitrogen and oxygen atoms in total. The highest BCUT2D eigenvalue weighted by Crippen LogP contribution is 2.54. The predicted molar refractivity (Wildman–Crippen MR) is 603 cm³/mol. The first-order valence-electron chi connectivity index (χ1n) is 49.5. The number of nitrogens with zero attached hydrogens (tertiary/aromatic N) is 13. The van der Waals surface area contributed by atoms with Gasteiger partial charge in [-0.1, -0.05) is 309 Å². The topological polar surface area (TPSA) is 110 Å². The number of fused-ring (bicyclic) bond motifs is 42. The quantitative estimate of drug-likeness (QED) is 0.164. The highest BCUT2D eigenvalue weighted by atomic mass is 15.2. The summed E-state index contributed by atoms with van der Waals surface area (Å²) in [4.78, 5) is 30.2. The Morgan fingerprint density at radius 3 is 1.08 bits per heavy atom. The summed E-state index contributed by atoms with van der Waals surface area (Å²) in [5, 5.41) is 36.6. The van der Waals surface area contributed by atoms with Crippen LogP contribution in [0.25, 0.3) is 312 Å². The van der Waals surface area contributed by atoms with Crippen LogP contribution in [-0.4, -0.2) is 61.4 Å². The summed E-state index contributed by atoms with van der Waals surface area (Å²) >= 11 is 0. The summed E-state index contributed by atoms with van der Waals surface area (Å²) in [5.41, 5.74) is 28.3. The minimum Gasteiger partial charge on any atom is -0.308 e. The summed E-state index contributed by atoms with van der Waals surface area (Å²) in [6.45, 7) is 0. The lowest BCUT2D eigenvalue weighted by Gasteiger charge is -2.13. The zero-order valence-electron chi connectivity index (χ0n) is 77.6. The van der Waals surface area contributed by atoms with Gasteiger partial charge in [-0.2, -0.15) is 4.98 Å². The first kappa shape index (κ1) is 78.2. The van der Waals surface area contributed by atoms with E-state index in [9.17, 15) is 0 Å².